The summed E-state index contributed by atoms with van der Waals surface area (Å²) in [7, 11) is -0.833. The molecule has 0 aliphatic heterocycles. The smallest absolute Gasteiger partial charge is 0.324 e. The number of hydrogen-bond donors (Lipinski definition) is 2. The van der Waals surface area contributed by atoms with Crippen LogP contribution in [0.2, 0.25) is 0 Å². The van der Waals surface area contributed by atoms with Crippen molar-refractivity contribution in [1.29, 1.82) is 0 Å². The minimum Gasteiger partial charge on any atom is -0.351 e. The molecule has 0 atom stereocenters. The summed E-state index contributed by atoms with van der Waals surface area (Å²) in [4.78, 5) is 13.4. The second-order valence-electron chi connectivity index (χ2n) is 0.842. The van der Waals surface area contributed by atoms with Crippen LogP contribution in [0.5, 0.6) is 0 Å². The molecule has 1 aromatic rings. The van der Waals surface area contributed by atoms with Crippen molar-refractivity contribution < 1.29 is 9.46 Å². The van der Waals surface area contributed by atoms with Gasteiger partial charge in [0.25, 0.3) is 0 Å². The number of aromatic amines is 1. The number of hydrogen-bond acceptors (Lipinski definition) is 2. The Kier molecular flexibility index (Phi) is 5.70. The van der Waals surface area contributed by atoms with Crippen LogP contribution >= 0.6 is 8.69 Å². The lowest BCUT2D eigenvalue weighted by molar-refractivity contribution is 0.524. The van der Waals surface area contributed by atoms with Crippen molar-refractivity contribution >= 4 is 8.69 Å². The van der Waals surface area contributed by atoms with Crippen LogP contribution in [-0.2, 0) is 4.57 Å². The van der Waals surface area contributed by atoms with Crippen molar-refractivity contribution in [2.45, 2.75) is 0 Å². The maximum atomic E-state index is 8.46. The Balaban J connectivity index is 0.000000145. The summed E-state index contributed by atoms with van der Waals surface area (Å²) in [6.07, 6.45) is 5.08. The zero-order chi connectivity index (χ0) is 6.24. The average molecular weight is 132 g/mol. The van der Waals surface area contributed by atoms with Crippen LogP contribution in [0, 0.1) is 0 Å². The Hall–Kier alpha value is -0.730. The molecule has 0 radical (unpaired) electrons. The summed E-state index contributed by atoms with van der Waals surface area (Å²) in [6.45, 7) is 0. The number of nitrogens with zero attached hydrogens (tertiary/aromatic N) is 1. The normalized spacial score (nSPS) is 7.62. The van der Waals surface area contributed by atoms with E-state index in [9.17, 15) is 0 Å². The molecule has 0 saturated carbocycles. The van der Waals surface area contributed by atoms with Crippen LogP contribution in [0.15, 0.2) is 18.7 Å². The Morgan fingerprint density at radius 2 is 2.38 bits per heavy atom. The topological polar surface area (TPSA) is 66.0 Å². The van der Waals surface area contributed by atoms with Gasteiger partial charge < -0.3 is 9.88 Å². The van der Waals surface area contributed by atoms with E-state index in [1.54, 1.807) is 18.7 Å². The van der Waals surface area contributed by atoms with Crippen molar-refractivity contribution in [2.75, 3.05) is 0 Å². The lowest BCUT2D eigenvalue weighted by Crippen LogP contribution is -1.44. The van der Waals surface area contributed by atoms with E-state index in [0.29, 0.717) is 0 Å². The van der Waals surface area contributed by atoms with Crippen LogP contribution in [-0.4, -0.2) is 14.9 Å². The minimum atomic E-state index is -0.833. The third-order valence-corrected chi connectivity index (χ3v) is 0.406. The van der Waals surface area contributed by atoms with Gasteiger partial charge in [-0.3, -0.25) is 0 Å². The molecule has 0 saturated heterocycles. The number of imidazole rings is 1. The van der Waals surface area contributed by atoms with Crippen molar-refractivity contribution in [3.8, 4) is 0 Å². The first kappa shape index (κ1) is 7.27. The van der Waals surface area contributed by atoms with Crippen LogP contribution in [0.25, 0.3) is 0 Å². The van der Waals surface area contributed by atoms with Crippen LogP contribution in [0.1, 0.15) is 0 Å². The maximum absolute atomic E-state index is 8.46. The molecular weight excluding hydrogens is 127 g/mol. The molecule has 0 aromatic carbocycles. The van der Waals surface area contributed by atoms with Gasteiger partial charge in [0, 0.05) is 12.4 Å². The number of nitrogens with one attached hydrogen (secondary N) is 1. The van der Waals surface area contributed by atoms with Crippen molar-refractivity contribution in [2.24, 2.45) is 0 Å². The third kappa shape index (κ3) is 5.27. The first-order valence-corrected chi connectivity index (χ1v) is 2.57. The molecule has 2 N–H and O–H groups in total. The average Bonchev–Trinajstić information content (AvgIpc) is 2.17. The van der Waals surface area contributed by atoms with Gasteiger partial charge in [0.1, 0.15) is 0 Å². The van der Waals surface area contributed by atoms with E-state index in [1.807, 2.05) is 0 Å². The molecule has 0 bridgehead atoms. The Morgan fingerprint density at radius 1 is 1.75 bits per heavy atom. The van der Waals surface area contributed by atoms with Crippen molar-refractivity contribution in [3.63, 3.8) is 0 Å². The lowest BCUT2D eigenvalue weighted by atomic mass is 11.0. The van der Waals surface area contributed by atoms with Crippen LogP contribution in [0.3, 0.4) is 0 Å². The molecule has 1 aromatic heterocycles. The summed E-state index contributed by atoms with van der Waals surface area (Å²) in [5.41, 5.74) is 0. The summed E-state index contributed by atoms with van der Waals surface area (Å²) < 4.78 is 8.46. The molecule has 4 nitrogen and oxygen atoms in total. The molecule has 5 heteroatoms. The quantitative estimate of drug-likeness (QED) is 0.508. The van der Waals surface area contributed by atoms with Gasteiger partial charge in [-0.15, -0.1) is 0 Å². The molecule has 44 valence electrons. The molecule has 1 heterocycles. The summed E-state index contributed by atoms with van der Waals surface area (Å²) in [5, 5.41) is 0. The molecule has 0 spiro atoms. The summed E-state index contributed by atoms with van der Waals surface area (Å²) >= 11 is 0. The van der Waals surface area contributed by atoms with E-state index < -0.39 is 8.69 Å². The van der Waals surface area contributed by atoms with E-state index in [1.165, 1.54) is 0 Å². The fourth-order valence-corrected chi connectivity index (χ4v) is 0.215. The zero-order valence-corrected chi connectivity index (χ0v) is 4.88. The molecule has 0 aliphatic rings. The van der Waals surface area contributed by atoms with Gasteiger partial charge in [-0.05, 0) is 0 Å². The predicted octanol–water partition coefficient (Wildman–Crippen LogP) is 0.595. The third-order valence-electron chi connectivity index (χ3n) is 0.406. The predicted molar refractivity (Wildman–Crippen MR) is 28.4 cm³/mol. The van der Waals surface area contributed by atoms with Gasteiger partial charge in [0.2, 0.25) is 0 Å². The van der Waals surface area contributed by atoms with E-state index in [4.69, 9.17) is 9.46 Å². The highest BCUT2D eigenvalue weighted by molar-refractivity contribution is 7.16. The standard InChI is InChI=1S/C3H4N2.HO2P/c1-2-5-3-4-1;1-3-2/h1-3H,(H,4,5);(H,1,2). The SMILES string of the molecule is O=PO.c1c[nH]cn1. The highest BCUT2D eigenvalue weighted by Crippen LogP contribution is 1.66. The first-order valence-electron chi connectivity index (χ1n) is 1.81. The maximum Gasteiger partial charge on any atom is 0.324 e. The van der Waals surface area contributed by atoms with Crippen LogP contribution in [0.4, 0.5) is 0 Å². The van der Waals surface area contributed by atoms with Gasteiger partial charge in [-0.25, -0.2) is 9.55 Å². The van der Waals surface area contributed by atoms with Crippen molar-refractivity contribution in [3.05, 3.63) is 18.7 Å². The molecule has 0 fully saturated rings. The monoisotopic (exact) mass is 132 g/mol. The highest BCUT2D eigenvalue weighted by Gasteiger charge is 1.56. The molecule has 0 aliphatic carbocycles. The van der Waals surface area contributed by atoms with Gasteiger partial charge in [-0.1, -0.05) is 0 Å². The van der Waals surface area contributed by atoms with E-state index in [2.05, 4.69) is 9.97 Å². The molecule has 8 heavy (non-hydrogen) atoms. The van der Waals surface area contributed by atoms with Gasteiger partial charge >= 0.3 is 8.69 Å². The Morgan fingerprint density at radius 3 is 2.50 bits per heavy atom. The number of aromatic nitrogens is 2. The minimum absolute atomic E-state index is 0.833. The highest BCUT2D eigenvalue weighted by atomic mass is 31.1. The van der Waals surface area contributed by atoms with Gasteiger partial charge in [0.05, 0.1) is 6.33 Å². The lowest BCUT2D eigenvalue weighted by Gasteiger charge is -1.46. The summed E-state index contributed by atoms with van der Waals surface area (Å²) in [5.74, 6) is 0. The Bertz CT molecular complexity index is 102. The van der Waals surface area contributed by atoms with Crippen LogP contribution < -0.4 is 0 Å². The van der Waals surface area contributed by atoms with Gasteiger partial charge in [0.15, 0.2) is 0 Å². The van der Waals surface area contributed by atoms with Gasteiger partial charge in [-0.2, -0.15) is 0 Å². The molecule has 0 amide bonds. The number of H-pyrrole nitrogens is 1. The zero-order valence-electron chi connectivity index (χ0n) is 3.98. The Labute approximate surface area is 47.9 Å². The fraction of sp³-hybridized carbons (Fsp3) is 0. The number of rotatable bonds is 0. The molecular formula is C3H5N2O2P. The second-order valence-corrected chi connectivity index (χ2v) is 1.01. The van der Waals surface area contributed by atoms with Crippen molar-refractivity contribution in [1.82, 2.24) is 9.97 Å². The fourth-order valence-electron chi connectivity index (χ4n) is 0.215. The van der Waals surface area contributed by atoms with E-state index >= 15 is 0 Å². The summed E-state index contributed by atoms with van der Waals surface area (Å²) in [6, 6.07) is 0. The molecule has 1 rings (SSSR count). The largest absolute Gasteiger partial charge is 0.351 e. The van der Waals surface area contributed by atoms with E-state index in [-0.39, 0.29) is 0 Å². The molecule has 0 unspecified atom stereocenters. The first-order chi connectivity index (χ1) is 3.91. The van der Waals surface area contributed by atoms with E-state index in [0.717, 1.165) is 0 Å². The second kappa shape index (κ2) is 6.27.